The number of rotatable bonds is 8. The summed E-state index contributed by atoms with van der Waals surface area (Å²) in [4.78, 5) is 9.96. The van der Waals surface area contributed by atoms with Crippen molar-refractivity contribution >= 4 is 5.96 Å². The van der Waals surface area contributed by atoms with Gasteiger partial charge in [0.15, 0.2) is 5.96 Å². The minimum Gasteiger partial charge on any atom is -0.376 e. The molecule has 3 aliphatic heterocycles. The lowest BCUT2D eigenvalue weighted by Gasteiger charge is -2.35. The van der Waals surface area contributed by atoms with Crippen LogP contribution in [-0.4, -0.2) is 87.0 Å². The molecule has 0 aliphatic carbocycles. The Bertz CT molecular complexity index is 465. The summed E-state index contributed by atoms with van der Waals surface area (Å²) in [7, 11) is 0. The van der Waals surface area contributed by atoms with Crippen LogP contribution in [0.25, 0.3) is 0 Å². The number of hydrogen-bond donors (Lipinski definition) is 1. The Morgan fingerprint density at radius 1 is 1.07 bits per heavy atom. The van der Waals surface area contributed by atoms with Crippen molar-refractivity contribution in [1.82, 2.24) is 15.1 Å². The van der Waals surface area contributed by atoms with Gasteiger partial charge in [0.2, 0.25) is 0 Å². The van der Waals surface area contributed by atoms with E-state index in [0.717, 1.165) is 77.0 Å². The van der Waals surface area contributed by atoms with Crippen LogP contribution in [0.2, 0.25) is 0 Å². The van der Waals surface area contributed by atoms with Gasteiger partial charge in [0.25, 0.3) is 0 Å². The molecule has 0 aromatic carbocycles. The van der Waals surface area contributed by atoms with Crippen LogP contribution in [0.3, 0.4) is 0 Å². The molecule has 168 valence electrons. The molecule has 29 heavy (non-hydrogen) atoms. The molecule has 3 fully saturated rings. The van der Waals surface area contributed by atoms with Crippen molar-refractivity contribution in [2.45, 2.75) is 77.4 Å². The summed E-state index contributed by atoms with van der Waals surface area (Å²) in [6.45, 7) is 13.9. The Labute approximate surface area is 178 Å². The minimum atomic E-state index is 0.323. The summed E-state index contributed by atoms with van der Waals surface area (Å²) in [5, 5.41) is 3.50. The van der Waals surface area contributed by atoms with Crippen molar-refractivity contribution in [2.24, 2.45) is 10.9 Å². The second-order valence-corrected chi connectivity index (χ2v) is 9.12. The minimum absolute atomic E-state index is 0.323. The normalized spacial score (nSPS) is 26.1. The molecule has 3 rings (SSSR count). The molecule has 0 aromatic heterocycles. The molecule has 0 aromatic rings. The van der Waals surface area contributed by atoms with E-state index >= 15 is 0 Å². The van der Waals surface area contributed by atoms with E-state index in [1.807, 2.05) is 0 Å². The topological polar surface area (TPSA) is 49.3 Å². The van der Waals surface area contributed by atoms with Crippen LogP contribution in [0.5, 0.6) is 0 Å². The summed E-state index contributed by atoms with van der Waals surface area (Å²) >= 11 is 0. The van der Waals surface area contributed by atoms with E-state index in [2.05, 4.69) is 29.0 Å². The Balaban J connectivity index is 1.34. The van der Waals surface area contributed by atoms with E-state index in [0.29, 0.717) is 12.2 Å². The van der Waals surface area contributed by atoms with Gasteiger partial charge in [0.05, 0.1) is 18.8 Å². The predicted octanol–water partition coefficient (Wildman–Crippen LogP) is 3.12. The Kier molecular flexibility index (Phi) is 10.0. The van der Waals surface area contributed by atoms with Crippen LogP contribution in [-0.2, 0) is 9.47 Å². The number of guanidine groups is 1. The van der Waals surface area contributed by atoms with Gasteiger partial charge in [-0.15, -0.1) is 0 Å². The molecule has 1 N–H and O–H groups in total. The fourth-order valence-electron chi connectivity index (χ4n) is 4.61. The first-order valence-corrected chi connectivity index (χ1v) is 12.2. The van der Waals surface area contributed by atoms with Gasteiger partial charge in [0, 0.05) is 32.8 Å². The van der Waals surface area contributed by atoms with Gasteiger partial charge in [-0.05, 0) is 83.8 Å². The number of nitrogens with zero attached hydrogens (tertiary/aromatic N) is 3. The smallest absolute Gasteiger partial charge is 0.193 e. The molecular formula is C23H44N4O2. The second-order valence-electron chi connectivity index (χ2n) is 9.12. The fraction of sp³-hybridized carbons (Fsp3) is 0.957. The molecule has 6 heteroatoms. The van der Waals surface area contributed by atoms with E-state index in [-0.39, 0.29) is 0 Å². The highest BCUT2D eigenvalue weighted by molar-refractivity contribution is 5.80. The first kappa shape index (κ1) is 22.8. The zero-order valence-corrected chi connectivity index (χ0v) is 18.9. The molecule has 1 unspecified atom stereocenters. The van der Waals surface area contributed by atoms with Gasteiger partial charge < -0.3 is 24.6 Å². The van der Waals surface area contributed by atoms with E-state index in [4.69, 9.17) is 14.5 Å². The first-order chi connectivity index (χ1) is 14.2. The lowest BCUT2D eigenvalue weighted by molar-refractivity contribution is -0.0721. The molecule has 0 amide bonds. The standard InChI is InChI=1S/C23H44N4O2/c1-3-24-23(25-12-6-13-26-14-8-20(2)9-15-26)27-16-10-21(11-17-27)29-19-22-7-4-5-18-28-22/h20-22H,3-19H2,1-2H3,(H,24,25). The van der Waals surface area contributed by atoms with Gasteiger partial charge in [0.1, 0.15) is 0 Å². The molecule has 1 atom stereocenters. The zero-order chi connectivity index (χ0) is 20.3. The number of ether oxygens (including phenoxy) is 2. The van der Waals surface area contributed by atoms with Crippen molar-refractivity contribution in [3.8, 4) is 0 Å². The van der Waals surface area contributed by atoms with Gasteiger partial charge >= 0.3 is 0 Å². The zero-order valence-electron chi connectivity index (χ0n) is 18.9. The van der Waals surface area contributed by atoms with E-state index in [9.17, 15) is 0 Å². The third-order valence-corrected chi connectivity index (χ3v) is 6.64. The second kappa shape index (κ2) is 12.8. The molecule has 0 saturated carbocycles. The number of aliphatic imine (C=N–C) groups is 1. The summed E-state index contributed by atoms with van der Waals surface area (Å²) < 4.78 is 12.0. The van der Waals surface area contributed by atoms with Gasteiger partial charge in [-0.1, -0.05) is 6.92 Å². The number of piperidine rings is 2. The Morgan fingerprint density at radius 3 is 2.55 bits per heavy atom. The van der Waals surface area contributed by atoms with Crippen LogP contribution >= 0.6 is 0 Å². The highest BCUT2D eigenvalue weighted by Crippen LogP contribution is 2.18. The molecule has 0 radical (unpaired) electrons. The monoisotopic (exact) mass is 408 g/mol. The largest absolute Gasteiger partial charge is 0.376 e. The highest BCUT2D eigenvalue weighted by atomic mass is 16.5. The van der Waals surface area contributed by atoms with Crippen molar-refractivity contribution in [3.05, 3.63) is 0 Å². The van der Waals surface area contributed by atoms with Crippen LogP contribution in [0.15, 0.2) is 4.99 Å². The maximum atomic E-state index is 6.17. The van der Waals surface area contributed by atoms with E-state index in [1.165, 1.54) is 45.3 Å². The van der Waals surface area contributed by atoms with Crippen LogP contribution in [0.4, 0.5) is 0 Å². The average molecular weight is 409 g/mol. The third-order valence-electron chi connectivity index (χ3n) is 6.64. The summed E-state index contributed by atoms with van der Waals surface area (Å²) in [5.74, 6) is 2.00. The molecule has 3 aliphatic rings. The molecule has 0 spiro atoms. The molecule has 0 bridgehead atoms. The maximum absolute atomic E-state index is 6.17. The first-order valence-electron chi connectivity index (χ1n) is 12.2. The van der Waals surface area contributed by atoms with E-state index in [1.54, 1.807) is 0 Å². The average Bonchev–Trinajstić information content (AvgIpc) is 2.77. The van der Waals surface area contributed by atoms with Gasteiger partial charge in [-0.3, -0.25) is 4.99 Å². The van der Waals surface area contributed by atoms with Crippen molar-refractivity contribution in [3.63, 3.8) is 0 Å². The molecule has 3 saturated heterocycles. The number of nitrogens with one attached hydrogen (secondary N) is 1. The predicted molar refractivity (Wildman–Crippen MR) is 120 cm³/mol. The summed E-state index contributed by atoms with van der Waals surface area (Å²) in [5.41, 5.74) is 0. The van der Waals surface area contributed by atoms with Crippen LogP contribution in [0, 0.1) is 5.92 Å². The van der Waals surface area contributed by atoms with Crippen molar-refractivity contribution in [2.75, 3.05) is 59.0 Å². The van der Waals surface area contributed by atoms with Crippen molar-refractivity contribution < 1.29 is 9.47 Å². The fourth-order valence-corrected chi connectivity index (χ4v) is 4.61. The SMILES string of the molecule is CCNC(=NCCCN1CCC(C)CC1)N1CCC(OCC2CCCCO2)CC1. The summed E-state index contributed by atoms with van der Waals surface area (Å²) in [6.07, 6.45) is 10.4. The number of hydrogen-bond acceptors (Lipinski definition) is 4. The molecular weight excluding hydrogens is 364 g/mol. The van der Waals surface area contributed by atoms with Crippen molar-refractivity contribution in [1.29, 1.82) is 0 Å². The lowest BCUT2D eigenvalue weighted by atomic mass is 9.99. The quantitative estimate of drug-likeness (QED) is 0.380. The molecule has 3 heterocycles. The molecule has 6 nitrogen and oxygen atoms in total. The van der Waals surface area contributed by atoms with Crippen LogP contribution in [0.1, 0.15) is 65.2 Å². The lowest BCUT2D eigenvalue weighted by Crippen LogP contribution is -2.47. The number of likely N-dealkylation sites (tertiary alicyclic amines) is 2. The Morgan fingerprint density at radius 2 is 1.86 bits per heavy atom. The van der Waals surface area contributed by atoms with E-state index < -0.39 is 0 Å². The summed E-state index contributed by atoms with van der Waals surface area (Å²) in [6, 6.07) is 0. The van der Waals surface area contributed by atoms with Gasteiger partial charge in [-0.25, -0.2) is 0 Å². The highest BCUT2D eigenvalue weighted by Gasteiger charge is 2.23. The van der Waals surface area contributed by atoms with Crippen LogP contribution < -0.4 is 5.32 Å². The maximum Gasteiger partial charge on any atom is 0.193 e. The Hall–Kier alpha value is -0.850. The van der Waals surface area contributed by atoms with Gasteiger partial charge in [-0.2, -0.15) is 0 Å². The third kappa shape index (κ3) is 8.06.